The van der Waals surface area contributed by atoms with Gasteiger partial charge >= 0.3 is 5.97 Å². The molecule has 0 aromatic heterocycles. The number of carbonyl (C=O) groups is 1. The second-order valence-corrected chi connectivity index (χ2v) is 5.89. The van der Waals surface area contributed by atoms with Crippen molar-refractivity contribution in [2.75, 3.05) is 0 Å². The quantitative estimate of drug-likeness (QED) is 0.822. The first-order chi connectivity index (χ1) is 8.90. The molecule has 7 heteroatoms. The van der Waals surface area contributed by atoms with Gasteiger partial charge in [-0.25, -0.2) is 22.3 Å². The van der Waals surface area contributed by atoms with Crippen molar-refractivity contribution in [3.63, 3.8) is 0 Å². The first-order valence-electron chi connectivity index (χ1n) is 5.60. The Morgan fingerprint density at radius 1 is 1.32 bits per heavy atom. The van der Waals surface area contributed by atoms with Crippen molar-refractivity contribution in [2.45, 2.75) is 23.8 Å². The number of carboxylic acids is 1. The largest absolute Gasteiger partial charge is 0.478 e. The van der Waals surface area contributed by atoms with Gasteiger partial charge in [0.1, 0.15) is 10.7 Å². The predicted octanol–water partition coefficient (Wildman–Crippen LogP) is 1.52. The highest BCUT2D eigenvalue weighted by Gasteiger charge is 2.24. The third-order valence-corrected chi connectivity index (χ3v) is 4.33. The fraction of sp³-hybridized carbons (Fsp3) is 0.250. The van der Waals surface area contributed by atoms with Gasteiger partial charge in [0.15, 0.2) is 0 Å². The molecule has 0 saturated heterocycles. The Morgan fingerprint density at radius 3 is 2.53 bits per heavy atom. The minimum Gasteiger partial charge on any atom is -0.478 e. The van der Waals surface area contributed by atoms with E-state index in [1.807, 2.05) is 12.2 Å². The summed E-state index contributed by atoms with van der Waals surface area (Å²) in [6.45, 7) is 0. The van der Waals surface area contributed by atoms with Crippen LogP contribution in [0.5, 0.6) is 0 Å². The van der Waals surface area contributed by atoms with Crippen LogP contribution < -0.4 is 4.72 Å². The summed E-state index contributed by atoms with van der Waals surface area (Å²) in [5, 5.41) is 8.80. The highest BCUT2D eigenvalue weighted by atomic mass is 32.2. The van der Waals surface area contributed by atoms with Crippen molar-refractivity contribution in [2.24, 2.45) is 0 Å². The third-order valence-electron chi connectivity index (χ3n) is 2.80. The van der Waals surface area contributed by atoms with E-state index in [2.05, 4.69) is 4.72 Å². The lowest BCUT2D eigenvalue weighted by molar-refractivity contribution is 0.0696. The molecule has 19 heavy (non-hydrogen) atoms. The standard InChI is InChI=1S/C12H12FNO4S/c13-10-6-5-8(12(15)16)7-11(10)19(17,18)14-9-3-1-2-4-9/h1-2,5-7,9,14H,3-4H2,(H,15,16). The van der Waals surface area contributed by atoms with Crippen LogP contribution in [0.4, 0.5) is 4.39 Å². The van der Waals surface area contributed by atoms with Crippen LogP contribution in [0.2, 0.25) is 0 Å². The van der Waals surface area contributed by atoms with Crippen LogP contribution in [0.25, 0.3) is 0 Å². The zero-order valence-electron chi connectivity index (χ0n) is 9.84. The molecule has 0 unspecified atom stereocenters. The molecule has 0 saturated carbocycles. The SMILES string of the molecule is O=C(O)c1ccc(F)c(S(=O)(=O)NC2CC=CC2)c1. The van der Waals surface area contributed by atoms with E-state index >= 15 is 0 Å². The molecular formula is C12H12FNO4S. The maximum atomic E-state index is 13.6. The molecule has 2 N–H and O–H groups in total. The summed E-state index contributed by atoms with van der Waals surface area (Å²) in [5.41, 5.74) is -0.272. The maximum Gasteiger partial charge on any atom is 0.335 e. The van der Waals surface area contributed by atoms with Gasteiger partial charge in [-0.15, -0.1) is 0 Å². The van der Waals surface area contributed by atoms with Gasteiger partial charge in [-0.05, 0) is 31.0 Å². The van der Waals surface area contributed by atoms with Crippen LogP contribution in [-0.4, -0.2) is 25.5 Å². The molecule has 5 nitrogen and oxygen atoms in total. The van der Waals surface area contributed by atoms with Crippen molar-refractivity contribution in [1.29, 1.82) is 0 Å². The Labute approximate surface area is 109 Å². The van der Waals surface area contributed by atoms with Crippen molar-refractivity contribution in [1.82, 2.24) is 4.72 Å². The Hall–Kier alpha value is -1.73. The number of hydrogen-bond donors (Lipinski definition) is 2. The van der Waals surface area contributed by atoms with Crippen molar-refractivity contribution >= 4 is 16.0 Å². The Bertz CT molecular complexity index is 631. The fourth-order valence-corrected chi connectivity index (χ4v) is 3.20. The molecule has 1 aliphatic rings. The summed E-state index contributed by atoms with van der Waals surface area (Å²) in [4.78, 5) is 10.1. The molecular weight excluding hydrogens is 273 g/mol. The molecule has 0 radical (unpaired) electrons. The van der Waals surface area contributed by atoms with Crippen molar-refractivity contribution < 1.29 is 22.7 Å². The van der Waals surface area contributed by atoms with E-state index in [0.29, 0.717) is 12.8 Å². The topological polar surface area (TPSA) is 83.5 Å². The number of hydrogen-bond acceptors (Lipinski definition) is 3. The minimum absolute atomic E-state index is 0.272. The molecule has 0 fully saturated rings. The lowest BCUT2D eigenvalue weighted by atomic mass is 10.2. The van der Waals surface area contributed by atoms with E-state index < -0.39 is 26.7 Å². The predicted molar refractivity (Wildman–Crippen MR) is 65.8 cm³/mol. The molecule has 102 valence electrons. The number of halogens is 1. The van der Waals surface area contributed by atoms with E-state index in [1.165, 1.54) is 0 Å². The summed E-state index contributed by atoms with van der Waals surface area (Å²) in [6.07, 6.45) is 4.74. The molecule has 1 aromatic carbocycles. The van der Waals surface area contributed by atoms with Crippen LogP contribution in [0.3, 0.4) is 0 Å². The molecule has 2 rings (SSSR count). The van der Waals surface area contributed by atoms with Gasteiger partial charge in [0.2, 0.25) is 10.0 Å². The van der Waals surface area contributed by atoms with Crippen LogP contribution in [0.1, 0.15) is 23.2 Å². The second kappa shape index (κ2) is 5.10. The molecule has 1 aliphatic carbocycles. The monoisotopic (exact) mass is 285 g/mol. The number of sulfonamides is 1. The van der Waals surface area contributed by atoms with Gasteiger partial charge in [0.05, 0.1) is 5.56 Å². The highest BCUT2D eigenvalue weighted by molar-refractivity contribution is 7.89. The Morgan fingerprint density at radius 2 is 1.95 bits per heavy atom. The van der Waals surface area contributed by atoms with Crippen molar-refractivity contribution in [3.05, 3.63) is 41.7 Å². The highest BCUT2D eigenvalue weighted by Crippen LogP contribution is 2.19. The normalized spacial score (nSPS) is 15.8. The van der Waals surface area contributed by atoms with Crippen LogP contribution >= 0.6 is 0 Å². The molecule has 1 aromatic rings. The maximum absolute atomic E-state index is 13.6. The zero-order chi connectivity index (χ0) is 14.0. The number of benzene rings is 1. The van der Waals surface area contributed by atoms with Gasteiger partial charge in [-0.1, -0.05) is 12.2 Å². The first kappa shape index (κ1) is 13.7. The lowest BCUT2D eigenvalue weighted by Crippen LogP contribution is -2.33. The van der Waals surface area contributed by atoms with E-state index in [-0.39, 0.29) is 11.6 Å². The van der Waals surface area contributed by atoms with Gasteiger partial charge < -0.3 is 5.11 Å². The molecule has 0 spiro atoms. The van der Waals surface area contributed by atoms with E-state index in [9.17, 15) is 17.6 Å². The smallest absolute Gasteiger partial charge is 0.335 e. The van der Waals surface area contributed by atoms with E-state index in [1.54, 1.807) is 0 Å². The third kappa shape index (κ3) is 2.99. The van der Waals surface area contributed by atoms with Gasteiger partial charge in [0.25, 0.3) is 0 Å². The Balaban J connectivity index is 2.33. The molecule has 0 atom stereocenters. The number of carboxylic acid groups (broad SMARTS) is 1. The Kier molecular flexibility index (Phi) is 3.68. The zero-order valence-corrected chi connectivity index (χ0v) is 10.7. The van der Waals surface area contributed by atoms with E-state index in [0.717, 1.165) is 18.2 Å². The van der Waals surface area contributed by atoms with Gasteiger partial charge in [-0.3, -0.25) is 0 Å². The summed E-state index contributed by atoms with van der Waals surface area (Å²) in [5.74, 6) is -2.28. The number of rotatable bonds is 4. The van der Waals surface area contributed by atoms with E-state index in [4.69, 9.17) is 5.11 Å². The molecule has 0 aliphatic heterocycles. The number of nitrogens with one attached hydrogen (secondary N) is 1. The molecule has 0 amide bonds. The number of aromatic carboxylic acids is 1. The van der Waals surface area contributed by atoms with Crippen LogP contribution in [-0.2, 0) is 10.0 Å². The second-order valence-electron chi connectivity index (χ2n) is 4.21. The van der Waals surface area contributed by atoms with Gasteiger partial charge in [0, 0.05) is 6.04 Å². The van der Waals surface area contributed by atoms with Crippen molar-refractivity contribution in [3.8, 4) is 0 Å². The first-order valence-corrected chi connectivity index (χ1v) is 7.08. The summed E-state index contributed by atoms with van der Waals surface area (Å²) in [6, 6.07) is 2.37. The summed E-state index contributed by atoms with van der Waals surface area (Å²) in [7, 11) is -4.06. The van der Waals surface area contributed by atoms with Crippen LogP contribution in [0.15, 0.2) is 35.2 Å². The summed E-state index contributed by atoms with van der Waals surface area (Å²) >= 11 is 0. The lowest BCUT2D eigenvalue weighted by Gasteiger charge is -2.13. The average Bonchev–Trinajstić information content (AvgIpc) is 2.81. The fourth-order valence-electron chi connectivity index (χ4n) is 1.84. The molecule has 0 bridgehead atoms. The molecule has 0 heterocycles. The average molecular weight is 285 g/mol. The van der Waals surface area contributed by atoms with Gasteiger partial charge in [-0.2, -0.15) is 0 Å². The minimum atomic E-state index is -4.06. The van der Waals surface area contributed by atoms with Crippen LogP contribution in [0, 0.1) is 5.82 Å². The summed E-state index contributed by atoms with van der Waals surface area (Å²) < 4.78 is 40.0.